The first-order chi connectivity index (χ1) is 10.1. The van der Waals surface area contributed by atoms with Gasteiger partial charge < -0.3 is 14.1 Å². The molecule has 6 heteroatoms. The molecule has 1 saturated heterocycles. The van der Waals surface area contributed by atoms with Crippen LogP contribution in [0.3, 0.4) is 0 Å². The van der Waals surface area contributed by atoms with E-state index in [4.69, 9.17) is 9.15 Å². The molecule has 6 nitrogen and oxygen atoms in total. The van der Waals surface area contributed by atoms with Gasteiger partial charge in [0.05, 0.1) is 24.3 Å². The predicted octanol–water partition coefficient (Wildman–Crippen LogP) is 1.23. The lowest BCUT2D eigenvalue weighted by molar-refractivity contribution is -0.143. The van der Waals surface area contributed by atoms with E-state index < -0.39 is 5.76 Å². The maximum absolute atomic E-state index is 12.5. The second-order valence-electron chi connectivity index (χ2n) is 5.46. The van der Waals surface area contributed by atoms with Gasteiger partial charge in [-0.15, -0.1) is 0 Å². The zero-order valence-corrected chi connectivity index (χ0v) is 12.1. The molecule has 1 fully saturated rings. The summed E-state index contributed by atoms with van der Waals surface area (Å²) >= 11 is 0. The molecule has 1 aliphatic rings. The quantitative estimate of drug-likeness (QED) is 0.834. The molecule has 21 heavy (non-hydrogen) atoms. The highest BCUT2D eigenvalue weighted by atomic mass is 16.5. The summed E-state index contributed by atoms with van der Waals surface area (Å²) in [6.07, 6.45) is 0.0166. The van der Waals surface area contributed by atoms with E-state index in [9.17, 15) is 9.59 Å². The lowest BCUT2D eigenvalue weighted by Gasteiger charge is -2.36. The summed E-state index contributed by atoms with van der Waals surface area (Å²) < 4.78 is 12.0. The third-order valence-electron chi connectivity index (χ3n) is 3.80. The molecular weight excluding hydrogens is 272 g/mol. The van der Waals surface area contributed by atoms with Crippen molar-refractivity contribution >= 4 is 17.0 Å². The molecule has 1 amide bonds. The molecule has 0 bridgehead atoms. The Hall–Kier alpha value is -2.08. The van der Waals surface area contributed by atoms with E-state index >= 15 is 0 Å². The maximum atomic E-state index is 12.5. The standard InChI is InChI=1S/C15H18N2O4/c1-10-9-20-11(2)7-16(10)14(18)8-17-12-5-3-4-6-13(12)21-15(17)19/h3-6,10-11H,7-9H2,1-2H3/t10-,11+/m1/s1. The van der Waals surface area contributed by atoms with Crippen molar-refractivity contribution in [3.63, 3.8) is 0 Å². The minimum Gasteiger partial charge on any atom is -0.408 e. The molecule has 1 aromatic carbocycles. The van der Waals surface area contributed by atoms with Crippen molar-refractivity contribution in [3.8, 4) is 0 Å². The second kappa shape index (κ2) is 5.37. The van der Waals surface area contributed by atoms with Crippen molar-refractivity contribution in [2.75, 3.05) is 13.2 Å². The van der Waals surface area contributed by atoms with Crippen molar-refractivity contribution in [2.24, 2.45) is 0 Å². The van der Waals surface area contributed by atoms with Crippen LogP contribution in [0.25, 0.3) is 11.1 Å². The number of morpholine rings is 1. The Balaban J connectivity index is 1.86. The van der Waals surface area contributed by atoms with Crippen LogP contribution in [0.15, 0.2) is 33.5 Å². The molecule has 2 atom stereocenters. The molecule has 1 aromatic heterocycles. The number of benzene rings is 1. The lowest BCUT2D eigenvalue weighted by atomic mass is 10.2. The van der Waals surface area contributed by atoms with E-state index in [1.165, 1.54) is 4.57 Å². The first-order valence-corrected chi connectivity index (χ1v) is 7.05. The summed E-state index contributed by atoms with van der Waals surface area (Å²) in [5, 5.41) is 0. The van der Waals surface area contributed by atoms with Crippen LogP contribution in [0, 0.1) is 0 Å². The third kappa shape index (κ3) is 2.58. The molecule has 2 heterocycles. The molecule has 0 radical (unpaired) electrons. The van der Waals surface area contributed by atoms with Gasteiger partial charge in [-0.1, -0.05) is 12.1 Å². The van der Waals surface area contributed by atoms with E-state index in [0.717, 1.165) is 0 Å². The number of carbonyl (C=O) groups excluding carboxylic acids is 1. The van der Waals surface area contributed by atoms with Crippen LogP contribution in [0.4, 0.5) is 0 Å². The Labute approximate surface area is 121 Å². The minimum atomic E-state index is -0.501. The average Bonchev–Trinajstić information content (AvgIpc) is 2.78. The molecule has 0 N–H and O–H groups in total. The summed E-state index contributed by atoms with van der Waals surface area (Å²) in [7, 11) is 0. The van der Waals surface area contributed by atoms with Gasteiger partial charge in [-0.3, -0.25) is 9.36 Å². The number of carbonyl (C=O) groups is 1. The Kier molecular flexibility index (Phi) is 3.55. The number of rotatable bonds is 2. The van der Waals surface area contributed by atoms with Crippen LogP contribution in [-0.4, -0.2) is 40.7 Å². The number of ether oxygens (including phenoxy) is 1. The number of aromatic nitrogens is 1. The van der Waals surface area contributed by atoms with Crippen molar-refractivity contribution in [1.29, 1.82) is 0 Å². The first-order valence-electron chi connectivity index (χ1n) is 7.05. The van der Waals surface area contributed by atoms with Gasteiger partial charge in [-0.2, -0.15) is 0 Å². The zero-order chi connectivity index (χ0) is 15.0. The Morgan fingerprint density at radius 2 is 2.10 bits per heavy atom. The fraction of sp³-hybridized carbons (Fsp3) is 0.467. The molecule has 0 unspecified atom stereocenters. The summed E-state index contributed by atoms with van der Waals surface area (Å²) in [6.45, 7) is 4.94. The Bertz CT molecular complexity index is 718. The molecule has 112 valence electrons. The normalized spacial score (nSPS) is 22.7. The molecule has 0 aliphatic carbocycles. The van der Waals surface area contributed by atoms with Crippen molar-refractivity contribution in [2.45, 2.75) is 32.5 Å². The van der Waals surface area contributed by atoms with Crippen molar-refractivity contribution in [3.05, 3.63) is 34.8 Å². The van der Waals surface area contributed by atoms with Crippen molar-refractivity contribution < 1.29 is 13.9 Å². The predicted molar refractivity (Wildman–Crippen MR) is 77.1 cm³/mol. The fourth-order valence-electron chi connectivity index (χ4n) is 2.64. The smallest absolute Gasteiger partial charge is 0.408 e. The summed E-state index contributed by atoms with van der Waals surface area (Å²) in [5.41, 5.74) is 1.14. The van der Waals surface area contributed by atoms with Crippen LogP contribution < -0.4 is 5.76 Å². The van der Waals surface area contributed by atoms with Crippen molar-refractivity contribution in [1.82, 2.24) is 9.47 Å². The summed E-state index contributed by atoms with van der Waals surface area (Å²) in [5.74, 6) is -0.593. The van der Waals surface area contributed by atoms with E-state index in [0.29, 0.717) is 24.3 Å². The average molecular weight is 290 g/mol. The van der Waals surface area contributed by atoms with Gasteiger partial charge in [-0.05, 0) is 26.0 Å². The number of nitrogens with zero attached hydrogens (tertiary/aromatic N) is 2. The Morgan fingerprint density at radius 1 is 1.33 bits per heavy atom. The van der Waals surface area contributed by atoms with E-state index in [-0.39, 0.29) is 24.6 Å². The molecule has 2 aromatic rings. The molecule has 0 saturated carbocycles. The number of hydrogen-bond donors (Lipinski definition) is 0. The van der Waals surface area contributed by atoms with Crippen LogP contribution in [0.2, 0.25) is 0 Å². The first kappa shape index (κ1) is 13.9. The minimum absolute atomic E-state index is 0.00704. The van der Waals surface area contributed by atoms with Gasteiger partial charge in [0.15, 0.2) is 5.58 Å². The van der Waals surface area contributed by atoms with Crippen LogP contribution >= 0.6 is 0 Å². The van der Waals surface area contributed by atoms with Crippen LogP contribution in [-0.2, 0) is 16.1 Å². The van der Waals surface area contributed by atoms with E-state index in [1.54, 1.807) is 23.1 Å². The third-order valence-corrected chi connectivity index (χ3v) is 3.80. The van der Waals surface area contributed by atoms with Gasteiger partial charge in [0.25, 0.3) is 0 Å². The zero-order valence-electron chi connectivity index (χ0n) is 12.1. The number of oxazole rings is 1. The highest BCUT2D eigenvalue weighted by Gasteiger charge is 2.28. The van der Waals surface area contributed by atoms with E-state index in [1.807, 2.05) is 19.9 Å². The summed E-state index contributed by atoms with van der Waals surface area (Å²) in [6, 6.07) is 7.12. The van der Waals surface area contributed by atoms with Crippen LogP contribution in [0.5, 0.6) is 0 Å². The largest absolute Gasteiger partial charge is 0.420 e. The molecule has 0 spiro atoms. The van der Waals surface area contributed by atoms with Crippen LogP contribution in [0.1, 0.15) is 13.8 Å². The summed E-state index contributed by atoms with van der Waals surface area (Å²) in [4.78, 5) is 26.2. The van der Waals surface area contributed by atoms with Gasteiger partial charge in [0.2, 0.25) is 5.91 Å². The highest BCUT2D eigenvalue weighted by Crippen LogP contribution is 2.15. The fourth-order valence-corrected chi connectivity index (χ4v) is 2.64. The van der Waals surface area contributed by atoms with Gasteiger partial charge in [-0.25, -0.2) is 4.79 Å². The molecule has 1 aliphatic heterocycles. The Morgan fingerprint density at radius 3 is 2.90 bits per heavy atom. The number of amides is 1. The van der Waals surface area contributed by atoms with Gasteiger partial charge in [0.1, 0.15) is 6.54 Å². The van der Waals surface area contributed by atoms with Gasteiger partial charge in [0, 0.05) is 6.54 Å². The second-order valence-corrected chi connectivity index (χ2v) is 5.46. The van der Waals surface area contributed by atoms with E-state index in [2.05, 4.69) is 0 Å². The number of hydrogen-bond acceptors (Lipinski definition) is 4. The van der Waals surface area contributed by atoms with Gasteiger partial charge >= 0.3 is 5.76 Å². The topological polar surface area (TPSA) is 64.7 Å². The molecule has 3 rings (SSSR count). The maximum Gasteiger partial charge on any atom is 0.420 e. The highest BCUT2D eigenvalue weighted by molar-refractivity contribution is 5.80. The lowest BCUT2D eigenvalue weighted by Crippen LogP contribution is -2.51. The number of para-hydroxylation sites is 2. The monoisotopic (exact) mass is 290 g/mol. The number of fused-ring (bicyclic) bond motifs is 1. The SMILES string of the molecule is C[C@@H]1CO[C@@H](C)CN1C(=O)Cn1c(=O)oc2ccccc21. The molecular formula is C15H18N2O4.